The summed E-state index contributed by atoms with van der Waals surface area (Å²) in [5.74, 6) is -6.45. The van der Waals surface area contributed by atoms with Gasteiger partial charge in [-0.15, -0.1) is 0 Å². The van der Waals surface area contributed by atoms with Gasteiger partial charge in [-0.1, -0.05) is 12.1 Å². The molecule has 146 valence electrons. The zero-order valence-corrected chi connectivity index (χ0v) is 14.5. The molecular formula is C17H19F2N3O5. The SMILES string of the molecule is Cc1ccc(CNC(=O)C(=O)C2CC(F)(F)CN2C(=O)CNC=O)cc1O. The van der Waals surface area contributed by atoms with Crippen LogP contribution in [0.15, 0.2) is 18.2 Å². The topological polar surface area (TPSA) is 116 Å². The van der Waals surface area contributed by atoms with Crippen LogP contribution in [0.5, 0.6) is 5.75 Å². The number of phenols is 1. The number of carbonyl (C=O) groups is 4. The first kappa shape index (κ1) is 20.3. The zero-order chi connectivity index (χ0) is 20.2. The average Bonchev–Trinajstić information content (AvgIpc) is 2.95. The van der Waals surface area contributed by atoms with Crippen molar-refractivity contribution in [2.24, 2.45) is 0 Å². The van der Waals surface area contributed by atoms with E-state index in [0.717, 1.165) is 0 Å². The summed E-state index contributed by atoms with van der Waals surface area (Å²) in [4.78, 5) is 47.2. The number of nitrogens with one attached hydrogen (secondary N) is 2. The molecule has 3 N–H and O–H groups in total. The van der Waals surface area contributed by atoms with Gasteiger partial charge in [-0.3, -0.25) is 19.2 Å². The number of alkyl halides is 2. The van der Waals surface area contributed by atoms with Crippen molar-refractivity contribution in [3.8, 4) is 5.75 Å². The van der Waals surface area contributed by atoms with Crippen LogP contribution in [0.1, 0.15) is 17.5 Å². The van der Waals surface area contributed by atoms with Crippen LogP contribution in [0.2, 0.25) is 0 Å². The van der Waals surface area contributed by atoms with Gasteiger partial charge in [-0.05, 0) is 24.1 Å². The van der Waals surface area contributed by atoms with Crippen LogP contribution in [0.25, 0.3) is 0 Å². The lowest BCUT2D eigenvalue weighted by Gasteiger charge is -2.22. The number of hydrogen-bond acceptors (Lipinski definition) is 5. The quantitative estimate of drug-likeness (QED) is 0.448. The maximum Gasteiger partial charge on any atom is 0.289 e. The molecule has 27 heavy (non-hydrogen) atoms. The van der Waals surface area contributed by atoms with E-state index >= 15 is 0 Å². The number of aryl methyl sites for hydroxylation is 1. The van der Waals surface area contributed by atoms with Gasteiger partial charge >= 0.3 is 0 Å². The fourth-order valence-corrected chi connectivity index (χ4v) is 2.73. The maximum atomic E-state index is 13.7. The van der Waals surface area contributed by atoms with E-state index in [1.54, 1.807) is 19.1 Å². The van der Waals surface area contributed by atoms with Gasteiger partial charge in [-0.2, -0.15) is 0 Å². The lowest BCUT2D eigenvalue weighted by molar-refractivity contribution is -0.144. The molecule has 3 amide bonds. The fourth-order valence-electron chi connectivity index (χ4n) is 2.73. The normalized spacial score (nSPS) is 18.0. The minimum atomic E-state index is -3.31. The molecule has 0 aromatic heterocycles. The summed E-state index contributed by atoms with van der Waals surface area (Å²) < 4.78 is 27.4. The summed E-state index contributed by atoms with van der Waals surface area (Å²) in [5.41, 5.74) is 1.14. The Morgan fingerprint density at radius 3 is 2.70 bits per heavy atom. The fraction of sp³-hybridized carbons (Fsp3) is 0.412. The Labute approximate surface area is 153 Å². The zero-order valence-electron chi connectivity index (χ0n) is 14.5. The first-order valence-electron chi connectivity index (χ1n) is 8.09. The van der Waals surface area contributed by atoms with Crippen LogP contribution in [0.3, 0.4) is 0 Å². The standard InChI is InChI=1S/C17H19F2N3O5/c1-10-2-3-11(4-13(10)24)6-21-16(27)15(26)12-5-17(18,19)8-22(12)14(25)7-20-9-23/h2-4,9,12,24H,5-8H2,1H3,(H,20,23)(H,21,27). The van der Waals surface area contributed by atoms with Gasteiger partial charge in [0.05, 0.1) is 13.1 Å². The van der Waals surface area contributed by atoms with E-state index < -0.39 is 49.1 Å². The molecule has 1 unspecified atom stereocenters. The number of Topliss-reactive ketones (excluding diaryl/α,β-unsaturated/α-hetero) is 1. The molecule has 2 rings (SSSR count). The lowest BCUT2D eigenvalue weighted by Crippen LogP contribution is -2.48. The molecular weight excluding hydrogens is 364 g/mol. The first-order valence-corrected chi connectivity index (χ1v) is 8.09. The minimum Gasteiger partial charge on any atom is -0.508 e. The summed E-state index contributed by atoms with van der Waals surface area (Å²) in [5, 5.41) is 14.0. The largest absolute Gasteiger partial charge is 0.508 e. The number of phenolic OH excluding ortho intramolecular Hbond substituents is 1. The number of aromatic hydroxyl groups is 1. The van der Waals surface area contributed by atoms with Gasteiger partial charge in [0.15, 0.2) is 0 Å². The molecule has 0 spiro atoms. The van der Waals surface area contributed by atoms with E-state index in [0.29, 0.717) is 16.0 Å². The number of hydrogen-bond donors (Lipinski definition) is 3. The highest BCUT2D eigenvalue weighted by Crippen LogP contribution is 2.32. The highest BCUT2D eigenvalue weighted by atomic mass is 19.3. The van der Waals surface area contributed by atoms with Gasteiger partial charge in [-0.25, -0.2) is 8.78 Å². The number of rotatable bonds is 7. The first-order chi connectivity index (χ1) is 12.6. The molecule has 0 aliphatic carbocycles. The van der Waals surface area contributed by atoms with Gasteiger partial charge in [0.25, 0.3) is 11.8 Å². The van der Waals surface area contributed by atoms with Crippen molar-refractivity contribution in [2.75, 3.05) is 13.1 Å². The number of likely N-dealkylation sites (tertiary alicyclic amines) is 1. The van der Waals surface area contributed by atoms with Crippen LogP contribution in [0, 0.1) is 6.92 Å². The number of carbonyl (C=O) groups excluding carboxylic acids is 4. The number of ketones is 1. The van der Waals surface area contributed by atoms with E-state index in [1.807, 2.05) is 5.32 Å². The molecule has 1 heterocycles. The van der Waals surface area contributed by atoms with E-state index in [-0.39, 0.29) is 18.7 Å². The summed E-state index contributed by atoms with van der Waals surface area (Å²) >= 11 is 0. The van der Waals surface area contributed by atoms with Gasteiger partial charge in [0.2, 0.25) is 18.1 Å². The third kappa shape index (κ3) is 4.99. The summed E-state index contributed by atoms with van der Waals surface area (Å²) in [6.07, 6.45) is -0.732. The molecule has 0 radical (unpaired) electrons. The Balaban J connectivity index is 2.04. The molecule has 8 nitrogen and oxygen atoms in total. The van der Waals surface area contributed by atoms with Crippen molar-refractivity contribution in [1.29, 1.82) is 0 Å². The van der Waals surface area contributed by atoms with Gasteiger partial charge in [0, 0.05) is 13.0 Å². The third-order valence-electron chi connectivity index (χ3n) is 4.18. The number of halogens is 2. The van der Waals surface area contributed by atoms with Crippen molar-refractivity contribution in [1.82, 2.24) is 15.5 Å². The molecule has 1 fully saturated rings. The van der Waals surface area contributed by atoms with Crippen LogP contribution < -0.4 is 10.6 Å². The monoisotopic (exact) mass is 383 g/mol. The van der Waals surface area contributed by atoms with Crippen molar-refractivity contribution in [3.05, 3.63) is 29.3 Å². The van der Waals surface area contributed by atoms with E-state index in [9.17, 15) is 33.1 Å². The number of nitrogens with zero attached hydrogens (tertiary/aromatic N) is 1. The Morgan fingerprint density at radius 1 is 1.37 bits per heavy atom. The Bertz CT molecular complexity index is 769. The summed E-state index contributed by atoms with van der Waals surface area (Å²) in [7, 11) is 0. The van der Waals surface area contributed by atoms with Crippen LogP contribution in [-0.2, 0) is 25.7 Å². The van der Waals surface area contributed by atoms with Crippen molar-refractivity contribution in [2.45, 2.75) is 31.9 Å². The predicted molar refractivity (Wildman–Crippen MR) is 88.8 cm³/mol. The number of amides is 3. The Kier molecular flexibility index (Phi) is 6.09. The molecule has 1 aromatic carbocycles. The van der Waals surface area contributed by atoms with Crippen LogP contribution in [-0.4, -0.2) is 59.1 Å². The average molecular weight is 383 g/mol. The van der Waals surface area contributed by atoms with Gasteiger partial charge in [0.1, 0.15) is 11.8 Å². The van der Waals surface area contributed by atoms with Crippen molar-refractivity contribution < 1.29 is 33.1 Å². The molecule has 1 aliphatic heterocycles. The lowest BCUT2D eigenvalue weighted by atomic mass is 10.1. The van der Waals surface area contributed by atoms with E-state index in [1.165, 1.54) is 6.07 Å². The highest BCUT2D eigenvalue weighted by Gasteiger charge is 2.50. The molecule has 10 heteroatoms. The minimum absolute atomic E-state index is 0.0166. The third-order valence-corrected chi connectivity index (χ3v) is 4.18. The second-order valence-corrected chi connectivity index (χ2v) is 6.26. The molecule has 1 saturated heterocycles. The summed E-state index contributed by atoms with van der Waals surface area (Å²) in [6.45, 7) is 0.0459. The molecule has 1 aromatic rings. The predicted octanol–water partition coefficient (Wildman–Crippen LogP) is -0.132. The van der Waals surface area contributed by atoms with Crippen LogP contribution >= 0.6 is 0 Å². The Morgan fingerprint density at radius 2 is 2.07 bits per heavy atom. The van der Waals surface area contributed by atoms with E-state index in [4.69, 9.17) is 0 Å². The van der Waals surface area contributed by atoms with Crippen molar-refractivity contribution in [3.63, 3.8) is 0 Å². The highest BCUT2D eigenvalue weighted by molar-refractivity contribution is 6.38. The van der Waals surface area contributed by atoms with E-state index in [2.05, 4.69) is 5.32 Å². The second-order valence-electron chi connectivity index (χ2n) is 6.26. The molecule has 0 saturated carbocycles. The molecule has 0 bridgehead atoms. The van der Waals surface area contributed by atoms with Gasteiger partial charge < -0.3 is 20.6 Å². The second kappa shape index (κ2) is 8.11. The maximum absolute atomic E-state index is 13.7. The smallest absolute Gasteiger partial charge is 0.289 e. The number of benzene rings is 1. The van der Waals surface area contributed by atoms with Crippen molar-refractivity contribution >= 4 is 24.0 Å². The molecule has 1 aliphatic rings. The Hall–Kier alpha value is -3.04. The van der Waals surface area contributed by atoms with Crippen LogP contribution in [0.4, 0.5) is 8.78 Å². The summed E-state index contributed by atoms with van der Waals surface area (Å²) in [6, 6.07) is 3.05. The molecule has 1 atom stereocenters.